The molecule has 4 heteroatoms. The molecule has 0 aliphatic rings. The number of thioether (sulfide) groups is 1. The van der Waals surface area contributed by atoms with Crippen molar-refractivity contribution in [2.45, 2.75) is 0 Å². The van der Waals surface area contributed by atoms with E-state index in [2.05, 4.69) is 19.0 Å². The fourth-order valence-electron chi connectivity index (χ4n) is 1.13. The number of hydrogen-bond donors (Lipinski definition) is 1. The Morgan fingerprint density at radius 2 is 1.88 bits per heavy atom. The summed E-state index contributed by atoms with van der Waals surface area (Å²) in [4.78, 5) is 2.19. The van der Waals surface area contributed by atoms with Crippen LogP contribution in [0.2, 0.25) is 0 Å². The summed E-state index contributed by atoms with van der Waals surface area (Å²) in [6, 6.07) is 7.52. The van der Waals surface area contributed by atoms with Gasteiger partial charge in [-0.05, 0) is 38.4 Å². The van der Waals surface area contributed by atoms with Gasteiger partial charge in [-0.25, -0.2) is 0 Å². The van der Waals surface area contributed by atoms with Crippen LogP contribution in [-0.4, -0.2) is 43.7 Å². The van der Waals surface area contributed by atoms with Crippen LogP contribution in [0.5, 0.6) is 5.75 Å². The summed E-state index contributed by atoms with van der Waals surface area (Å²) in [5, 5.41) is 0. The van der Waals surface area contributed by atoms with Crippen LogP contribution >= 0.6 is 11.8 Å². The fraction of sp³-hybridized carbons (Fsp3) is 0.500. The molecule has 0 heterocycles. The smallest absolute Gasteiger partial charge is 0.119 e. The maximum absolute atomic E-state index is 5.59. The zero-order valence-electron chi connectivity index (χ0n) is 9.98. The molecule has 2 N–H and O–H groups in total. The molecule has 90 valence electrons. The highest BCUT2D eigenvalue weighted by atomic mass is 32.2. The Balaban J connectivity index is 2.05. The standard InChI is InChI=1S/C12H20N2OS/c1-14(2)7-9-16-10-8-15-12-5-3-11(13)4-6-12/h3-6H,7-10,13H2,1-2H3. The minimum atomic E-state index is 0.752. The predicted molar refractivity (Wildman–Crippen MR) is 72.2 cm³/mol. The number of anilines is 1. The molecule has 0 unspecified atom stereocenters. The first kappa shape index (κ1) is 13.2. The second-order valence-corrected chi connectivity index (χ2v) is 5.06. The van der Waals surface area contributed by atoms with Gasteiger partial charge in [0.25, 0.3) is 0 Å². The zero-order chi connectivity index (χ0) is 11.8. The minimum Gasteiger partial charge on any atom is -0.493 e. The van der Waals surface area contributed by atoms with Crippen molar-refractivity contribution in [3.63, 3.8) is 0 Å². The molecule has 1 rings (SSSR count). The van der Waals surface area contributed by atoms with Crippen molar-refractivity contribution in [2.75, 3.05) is 44.5 Å². The van der Waals surface area contributed by atoms with E-state index < -0.39 is 0 Å². The van der Waals surface area contributed by atoms with Gasteiger partial charge in [0.2, 0.25) is 0 Å². The summed E-state index contributed by atoms with van der Waals surface area (Å²) in [7, 11) is 4.18. The normalized spacial score (nSPS) is 10.7. The van der Waals surface area contributed by atoms with Crippen molar-refractivity contribution >= 4 is 17.4 Å². The van der Waals surface area contributed by atoms with Gasteiger partial charge in [-0.1, -0.05) is 0 Å². The number of ether oxygens (including phenoxy) is 1. The van der Waals surface area contributed by atoms with Crippen LogP contribution in [0, 0.1) is 0 Å². The van der Waals surface area contributed by atoms with Crippen LogP contribution in [0.25, 0.3) is 0 Å². The summed E-state index contributed by atoms with van der Waals surface area (Å²) in [5.41, 5.74) is 6.36. The minimum absolute atomic E-state index is 0.752. The summed E-state index contributed by atoms with van der Waals surface area (Å²) in [6.07, 6.45) is 0. The molecule has 0 fully saturated rings. The van der Waals surface area contributed by atoms with Crippen LogP contribution in [0.1, 0.15) is 0 Å². The van der Waals surface area contributed by atoms with Crippen LogP contribution in [0.15, 0.2) is 24.3 Å². The lowest BCUT2D eigenvalue weighted by Crippen LogP contribution is -2.15. The number of nitrogen functional groups attached to an aromatic ring is 1. The molecule has 0 atom stereocenters. The van der Waals surface area contributed by atoms with E-state index in [-0.39, 0.29) is 0 Å². The Labute approximate surface area is 102 Å². The van der Waals surface area contributed by atoms with Crippen molar-refractivity contribution in [1.82, 2.24) is 4.90 Å². The molecule has 0 saturated carbocycles. The highest BCUT2D eigenvalue weighted by Gasteiger charge is 1.94. The second kappa shape index (κ2) is 7.41. The molecular weight excluding hydrogens is 220 g/mol. The van der Waals surface area contributed by atoms with E-state index in [1.165, 1.54) is 0 Å². The number of rotatable bonds is 7. The number of hydrogen-bond acceptors (Lipinski definition) is 4. The first-order valence-electron chi connectivity index (χ1n) is 5.39. The van der Waals surface area contributed by atoms with Crippen molar-refractivity contribution < 1.29 is 4.74 Å². The molecule has 0 saturated heterocycles. The van der Waals surface area contributed by atoms with Gasteiger partial charge in [-0.15, -0.1) is 0 Å². The van der Waals surface area contributed by atoms with Gasteiger partial charge in [0.1, 0.15) is 5.75 Å². The van der Waals surface area contributed by atoms with Crippen molar-refractivity contribution in [2.24, 2.45) is 0 Å². The predicted octanol–water partition coefficient (Wildman–Crippen LogP) is 1.94. The highest BCUT2D eigenvalue weighted by Crippen LogP contribution is 2.13. The van der Waals surface area contributed by atoms with Crippen molar-refractivity contribution in [1.29, 1.82) is 0 Å². The molecule has 0 aliphatic carbocycles. The third kappa shape index (κ3) is 5.88. The van der Waals surface area contributed by atoms with E-state index in [1.807, 2.05) is 36.0 Å². The van der Waals surface area contributed by atoms with E-state index >= 15 is 0 Å². The summed E-state index contributed by atoms with van der Waals surface area (Å²) < 4.78 is 5.58. The summed E-state index contributed by atoms with van der Waals surface area (Å²) in [6.45, 7) is 1.87. The lowest BCUT2D eigenvalue weighted by Gasteiger charge is -2.09. The molecule has 0 aliphatic heterocycles. The SMILES string of the molecule is CN(C)CCSCCOc1ccc(N)cc1. The summed E-state index contributed by atoms with van der Waals surface area (Å²) in [5.74, 6) is 3.07. The maximum Gasteiger partial charge on any atom is 0.119 e. The first-order chi connectivity index (χ1) is 7.68. The lowest BCUT2D eigenvalue weighted by atomic mass is 10.3. The first-order valence-corrected chi connectivity index (χ1v) is 6.55. The van der Waals surface area contributed by atoms with Crippen molar-refractivity contribution in [3.8, 4) is 5.75 Å². The molecular formula is C12H20N2OS. The van der Waals surface area contributed by atoms with Crippen LogP contribution in [0.3, 0.4) is 0 Å². The van der Waals surface area contributed by atoms with Crippen LogP contribution < -0.4 is 10.5 Å². The number of benzene rings is 1. The Kier molecular flexibility index (Phi) is 6.11. The average Bonchev–Trinajstić information content (AvgIpc) is 2.25. The number of nitrogens with two attached hydrogens (primary N) is 1. The van der Waals surface area contributed by atoms with E-state index in [1.54, 1.807) is 0 Å². The Morgan fingerprint density at radius 3 is 2.50 bits per heavy atom. The van der Waals surface area contributed by atoms with Gasteiger partial charge in [0.05, 0.1) is 6.61 Å². The topological polar surface area (TPSA) is 38.5 Å². The monoisotopic (exact) mass is 240 g/mol. The molecule has 0 amide bonds. The Hall–Kier alpha value is -0.870. The van der Waals surface area contributed by atoms with Gasteiger partial charge in [0.15, 0.2) is 0 Å². The molecule has 1 aromatic carbocycles. The highest BCUT2D eigenvalue weighted by molar-refractivity contribution is 7.99. The molecule has 1 aromatic rings. The molecule has 3 nitrogen and oxygen atoms in total. The maximum atomic E-state index is 5.59. The number of nitrogens with zero attached hydrogens (tertiary/aromatic N) is 1. The van der Waals surface area contributed by atoms with Crippen LogP contribution in [0.4, 0.5) is 5.69 Å². The van der Waals surface area contributed by atoms with E-state index in [9.17, 15) is 0 Å². The van der Waals surface area contributed by atoms with Gasteiger partial charge in [-0.3, -0.25) is 0 Å². The fourth-order valence-corrected chi connectivity index (χ4v) is 2.03. The third-order valence-electron chi connectivity index (χ3n) is 2.06. The lowest BCUT2D eigenvalue weighted by molar-refractivity contribution is 0.344. The van der Waals surface area contributed by atoms with Gasteiger partial charge in [-0.2, -0.15) is 11.8 Å². The second-order valence-electron chi connectivity index (χ2n) is 3.83. The molecule has 0 spiro atoms. The molecule has 0 bridgehead atoms. The Bertz CT molecular complexity index is 288. The summed E-state index contributed by atoms with van der Waals surface area (Å²) >= 11 is 1.91. The van der Waals surface area contributed by atoms with Gasteiger partial charge < -0.3 is 15.4 Å². The van der Waals surface area contributed by atoms with Gasteiger partial charge >= 0.3 is 0 Å². The van der Waals surface area contributed by atoms with Gasteiger partial charge in [0, 0.05) is 23.7 Å². The Morgan fingerprint density at radius 1 is 1.19 bits per heavy atom. The quantitative estimate of drug-likeness (QED) is 0.584. The molecule has 16 heavy (non-hydrogen) atoms. The van der Waals surface area contributed by atoms with E-state index in [0.29, 0.717) is 0 Å². The molecule has 0 aromatic heterocycles. The molecule has 0 radical (unpaired) electrons. The van der Waals surface area contributed by atoms with E-state index in [0.717, 1.165) is 36.1 Å². The third-order valence-corrected chi connectivity index (χ3v) is 2.99. The van der Waals surface area contributed by atoms with E-state index in [4.69, 9.17) is 10.5 Å². The average molecular weight is 240 g/mol. The largest absolute Gasteiger partial charge is 0.493 e. The zero-order valence-corrected chi connectivity index (χ0v) is 10.8. The van der Waals surface area contributed by atoms with Crippen molar-refractivity contribution in [3.05, 3.63) is 24.3 Å². The van der Waals surface area contributed by atoms with Crippen LogP contribution in [-0.2, 0) is 0 Å².